The lowest BCUT2D eigenvalue weighted by Gasteiger charge is -2.26. The standard InChI is InChI=1S/C35H38N4O5/c1-25(41)32-31(24-40)44-39(33(32)35(43)37-19-9-20-38-21-17-28-13-5-6-16-30(28)38)23-27-11-7-10-26(22-27)12-8-18-36-34(42)29-14-3-2-4-15-29/h2-7,10-11,13-17,21-22,25,31-33,40-41H,9,18-20,23-24H2,1H3,(H,36,42)(H,37,43)/t25-,31-,32+,33-/m1/s1. The molecular weight excluding hydrogens is 556 g/mol. The fraction of sp³-hybridized carbons (Fsp3) is 0.314. The van der Waals surface area contributed by atoms with E-state index in [-0.39, 0.29) is 31.5 Å². The maximum Gasteiger partial charge on any atom is 0.252 e. The Balaban J connectivity index is 1.20. The van der Waals surface area contributed by atoms with Gasteiger partial charge in [-0.05, 0) is 60.7 Å². The van der Waals surface area contributed by atoms with Crippen LogP contribution in [0.15, 0.2) is 91.1 Å². The number of carbonyl (C=O) groups is 2. The second-order valence-electron chi connectivity index (χ2n) is 10.9. The van der Waals surface area contributed by atoms with Gasteiger partial charge in [-0.2, -0.15) is 5.06 Å². The van der Waals surface area contributed by atoms with Gasteiger partial charge in [0.1, 0.15) is 12.1 Å². The number of para-hydroxylation sites is 1. The Morgan fingerprint density at radius 1 is 1.00 bits per heavy atom. The van der Waals surface area contributed by atoms with Crippen LogP contribution in [0.25, 0.3) is 10.9 Å². The second-order valence-corrected chi connectivity index (χ2v) is 10.9. The van der Waals surface area contributed by atoms with Crippen molar-refractivity contribution in [3.63, 3.8) is 0 Å². The van der Waals surface area contributed by atoms with E-state index in [1.54, 1.807) is 24.1 Å². The molecule has 9 nitrogen and oxygen atoms in total. The fourth-order valence-electron chi connectivity index (χ4n) is 5.67. The molecule has 5 rings (SSSR count). The summed E-state index contributed by atoms with van der Waals surface area (Å²) in [5, 5.41) is 29.1. The van der Waals surface area contributed by atoms with Crippen LogP contribution in [0.3, 0.4) is 0 Å². The van der Waals surface area contributed by atoms with Crippen molar-refractivity contribution < 1.29 is 24.6 Å². The molecule has 228 valence electrons. The van der Waals surface area contributed by atoms with Crippen LogP contribution in [0.1, 0.15) is 34.8 Å². The van der Waals surface area contributed by atoms with Gasteiger partial charge in [0.05, 0.1) is 25.8 Å². The average molecular weight is 595 g/mol. The number of fused-ring (bicyclic) bond motifs is 1. The number of aromatic nitrogens is 1. The highest BCUT2D eigenvalue weighted by Crippen LogP contribution is 2.32. The van der Waals surface area contributed by atoms with Crippen molar-refractivity contribution in [2.45, 2.75) is 44.7 Å². The Kier molecular flexibility index (Phi) is 10.4. The molecule has 9 heteroatoms. The molecular formula is C35H38N4O5. The number of aryl methyl sites for hydroxylation is 1. The molecule has 1 aliphatic rings. The van der Waals surface area contributed by atoms with Crippen LogP contribution in [-0.4, -0.2) is 69.6 Å². The van der Waals surface area contributed by atoms with E-state index < -0.39 is 24.2 Å². The van der Waals surface area contributed by atoms with E-state index in [2.05, 4.69) is 45.2 Å². The first-order valence-electron chi connectivity index (χ1n) is 14.9. The zero-order valence-electron chi connectivity index (χ0n) is 24.7. The first kappa shape index (κ1) is 31.0. The largest absolute Gasteiger partial charge is 0.394 e. The number of hydrogen-bond acceptors (Lipinski definition) is 6. The van der Waals surface area contributed by atoms with Crippen molar-refractivity contribution in [1.29, 1.82) is 0 Å². The first-order chi connectivity index (χ1) is 21.4. The molecule has 2 amide bonds. The molecule has 4 aromatic rings. The molecule has 1 fully saturated rings. The number of nitrogens with zero attached hydrogens (tertiary/aromatic N) is 2. The van der Waals surface area contributed by atoms with E-state index >= 15 is 0 Å². The van der Waals surface area contributed by atoms with Gasteiger partial charge in [0, 0.05) is 41.8 Å². The van der Waals surface area contributed by atoms with Crippen LogP contribution in [0, 0.1) is 17.8 Å². The number of aliphatic hydroxyl groups is 2. The van der Waals surface area contributed by atoms with Crippen molar-refractivity contribution in [3.8, 4) is 11.8 Å². The highest BCUT2D eigenvalue weighted by molar-refractivity contribution is 5.94. The average Bonchev–Trinajstić information content (AvgIpc) is 3.63. The number of hydrogen-bond donors (Lipinski definition) is 4. The van der Waals surface area contributed by atoms with Crippen molar-refractivity contribution in [2.24, 2.45) is 5.92 Å². The third-order valence-electron chi connectivity index (χ3n) is 7.81. The lowest BCUT2D eigenvalue weighted by atomic mass is 9.89. The Morgan fingerprint density at radius 2 is 1.80 bits per heavy atom. The van der Waals surface area contributed by atoms with E-state index in [0.717, 1.165) is 29.6 Å². The molecule has 0 unspecified atom stereocenters. The molecule has 0 bridgehead atoms. The minimum Gasteiger partial charge on any atom is -0.394 e. The smallest absolute Gasteiger partial charge is 0.252 e. The monoisotopic (exact) mass is 594 g/mol. The van der Waals surface area contributed by atoms with Crippen molar-refractivity contribution in [1.82, 2.24) is 20.3 Å². The van der Waals surface area contributed by atoms with Gasteiger partial charge in [-0.3, -0.25) is 14.4 Å². The molecule has 1 saturated heterocycles. The quantitative estimate of drug-likeness (QED) is 0.157. The molecule has 2 heterocycles. The molecule has 1 aromatic heterocycles. The van der Waals surface area contributed by atoms with Gasteiger partial charge >= 0.3 is 0 Å². The minimum atomic E-state index is -0.873. The number of nitrogens with one attached hydrogen (secondary N) is 2. The first-order valence-corrected chi connectivity index (χ1v) is 14.9. The van der Waals surface area contributed by atoms with Gasteiger partial charge < -0.3 is 25.4 Å². The third kappa shape index (κ3) is 7.54. The Bertz CT molecular complexity index is 1620. The van der Waals surface area contributed by atoms with Crippen molar-refractivity contribution in [3.05, 3.63) is 108 Å². The zero-order chi connectivity index (χ0) is 30.9. The molecule has 0 saturated carbocycles. The van der Waals surface area contributed by atoms with Crippen LogP contribution in [0.2, 0.25) is 0 Å². The summed E-state index contributed by atoms with van der Waals surface area (Å²) in [5.74, 6) is 5.00. The van der Waals surface area contributed by atoms with Crippen LogP contribution in [0.5, 0.6) is 0 Å². The molecule has 4 N–H and O–H groups in total. The van der Waals surface area contributed by atoms with E-state index in [0.29, 0.717) is 12.1 Å². The summed E-state index contributed by atoms with van der Waals surface area (Å²) >= 11 is 0. The summed E-state index contributed by atoms with van der Waals surface area (Å²) in [7, 11) is 0. The van der Waals surface area contributed by atoms with Gasteiger partial charge in [0.25, 0.3) is 5.91 Å². The predicted octanol–water partition coefficient (Wildman–Crippen LogP) is 3.10. The van der Waals surface area contributed by atoms with Crippen LogP contribution in [0.4, 0.5) is 0 Å². The maximum absolute atomic E-state index is 13.5. The summed E-state index contributed by atoms with van der Waals surface area (Å²) in [6.45, 7) is 2.96. The highest BCUT2D eigenvalue weighted by Gasteiger charge is 2.49. The normalized spacial score (nSPS) is 18.8. The SMILES string of the molecule is C[C@@H](O)[C@H]1[C@@H](CO)ON(Cc2cccc(C#CCNC(=O)c3ccccc3)c2)[C@H]1C(=O)NCCCn1ccc2ccccc21. The van der Waals surface area contributed by atoms with Crippen molar-refractivity contribution >= 4 is 22.7 Å². The van der Waals surface area contributed by atoms with E-state index in [9.17, 15) is 19.8 Å². The summed E-state index contributed by atoms with van der Waals surface area (Å²) in [4.78, 5) is 31.8. The summed E-state index contributed by atoms with van der Waals surface area (Å²) < 4.78 is 2.17. The third-order valence-corrected chi connectivity index (χ3v) is 7.81. The Hall–Kier alpha value is -4.46. The lowest BCUT2D eigenvalue weighted by molar-refractivity contribution is -0.181. The molecule has 0 radical (unpaired) electrons. The van der Waals surface area contributed by atoms with Crippen LogP contribution < -0.4 is 10.6 Å². The number of rotatable bonds is 11. The highest BCUT2D eigenvalue weighted by atomic mass is 16.7. The molecule has 0 spiro atoms. The number of carbonyl (C=O) groups excluding carboxylic acids is 2. The Labute approximate surface area is 257 Å². The maximum atomic E-state index is 13.5. The molecule has 0 aliphatic carbocycles. The topological polar surface area (TPSA) is 116 Å². The zero-order valence-corrected chi connectivity index (χ0v) is 24.7. The van der Waals surface area contributed by atoms with Crippen LogP contribution >= 0.6 is 0 Å². The van der Waals surface area contributed by atoms with Gasteiger partial charge in [0.2, 0.25) is 5.91 Å². The number of hydroxylamine groups is 2. The molecule has 3 aromatic carbocycles. The van der Waals surface area contributed by atoms with E-state index in [4.69, 9.17) is 4.84 Å². The van der Waals surface area contributed by atoms with Gasteiger partial charge in [-0.25, -0.2) is 0 Å². The Morgan fingerprint density at radius 3 is 2.59 bits per heavy atom. The van der Waals surface area contributed by atoms with E-state index in [1.165, 1.54) is 5.39 Å². The van der Waals surface area contributed by atoms with Gasteiger partial charge in [-0.15, -0.1) is 0 Å². The number of amides is 2. The van der Waals surface area contributed by atoms with Gasteiger partial charge in [0.15, 0.2) is 0 Å². The summed E-state index contributed by atoms with van der Waals surface area (Å²) in [6.07, 6.45) is 1.19. The predicted molar refractivity (Wildman–Crippen MR) is 168 cm³/mol. The summed E-state index contributed by atoms with van der Waals surface area (Å²) in [5.41, 5.74) is 3.33. The summed E-state index contributed by atoms with van der Waals surface area (Å²) in [6, 6.07) is 26.0. The lowest BCUT2D eigenvalue weighted by Crippen LogP contribution is -2.49. The van der Waals surface area contributed by atoms with Crippen molar-refractivity contribution in [2.75, 3.05) is 19.7 Å². The van der Waals surface area contributed by atoms with E-state index in [1.807, 2.05) is 60.8 Å². The number of benzene rings is 3. The molecule has 44 heavy (non-hydrogen) atoms. The van der Waals surface area contributed by atoms with Gasteiger partial charge in [-0.1, -0.05) is 60.4 Å². The molecule has 4 atom stereocenters. The van der Waals surface area contributed by atoms with Crippen LogP contribution in [-0.2, 0) is 22.7 Å². The number of aliphatic hydroxyl groups excluding tert-OH is 2. The minimum absolute atomic E-state index is 0.187. The molecule has 1 aliphatic heterocycles. The second kappa shape index (κ2) is 14.8. The fourth-order valence-corrected chi connectivity index (χ4v) is 5.67.